The number of carbonyl (C=O) groups is 1. The zero-order valence-electron chi connectivity index (χ0n) is 9.84. The standard InChI is InChI=1S/C11H21NO2.ClH/c1-11(2,3)14-10(13)7-9-5-4-6-12-8-9;/h9,12H,4-8H2,1-3H3;1H. The number of hydrogen-bond acceptors (Lipinski definition) is 3. The van der Waals surface area contributed by atoms with Crippen LogP contribution < -0.4 is 5.32 Å². The lowest BCUT2D eigenvalue weighted by Crippen LogP contribution is -2.33. The molecule has 4 heteroatoms. The zero-order chi connectivity index (χ0) is 10.6. The fourth-order valence-corrected chi connectivity index (χ4v) is 1.72. The van der Waals surface area contributed by atoms with Crippen LogP contribution in [0.2, 0.25) is 0 Å². The van der Waals surface area contributed by atoms with Crippen LogP contribution in [-0.4, -0.2) is 24.7 Å². The number of hydrogen-bond donors (Lipinski definition) is 1. The summed E-state index contributed by atoms with van der Waals surface area (Å²) in [6, 6.07) is 0. The number of nitrogens with one attached hydrogen (secondary N) is 1. The van der Waals surface area contributed by atoms with Crippen LogP contribution >= 0.6 is 12.4 Å². The normalized spacial score (nSPS) is 21.7. The van der Waals surface area contributed by atoms with Gasteiger partial charge in [0.25, 0.3) is 0 Å². The second kappa shape index (κ2) is 6.33. The summed E-state index contributed by atoms with van der Waals surface area (Å²) < 4.78 is 5.27. The lowest BCUT2D eigenvalue weighted by atomic mass is 9.96. The highest BCUT2D eigenvalue weighted by Gasteiger charge is 2.21. The van der Waals surface area contributed by atoms with Gasteiger partial charge in [-0.1, -0.05) is 0 Å². The van der Waals surface area contributed by atoms with Gasteiger partial charge in [0.05, 0.1) is 0 Å². The summed E-state index contributed by atoms with van der Waals surface area (Å²) >= 11 is 0. The maximum Gasteiger partial charge on any atom is 0.306 e. The minimum Gasteiger partial charge on any atom is -0.460 e. The van der Waals surface area contributed by atoms with Crippen LogP contribution in [0.1, 0.15) is 40.0 Å². The van der Waals surface area contributed by atoms with Gasteiger partial charge in [0.2, 0.25) is 0 Å². The Labute approximate surface area is 98.4 Å². The van der Waals surface area contributed by atoms with Gasteiger partial charge in [-0.3, -0.25) is 4.79 Å². The number of esters is 1. The molecule has 0 radical (unpaired) electrons. The van der Waals surface area contributed by atoms with Gasteiger partial charge in [-0.2, -0.15) is 0 Å². The zero-order valence-corrected chi connectivity index (χ0v) is 10.7. The number of ether oxygens (including phenoxy) is 1. The molecule has 1 aliphatic rings. The Hall–Kier alpha value is -0.280. The van der Waals surface area contributed by atoms with Gasteiger partial charge >= 0.3 is 5.97 Å². The molecule has 15 heavy (non-hydrogen) atoms. The quantitative estimate of drug-likeness (QED) is 0.746. The summed E-state index contributed by atoms with van der Waals surface area (Å²) in [5, 5.41) is 3.30. The molecule has 1 N–H and O–H groups in total. The number of carbonyl (C=O) groups excluding carboxylic acids is 1. The first kappa shape index (κ1) is 14.7. The Bertz CT molecular complexity index is 195. The van der Waals surface area contributed by atoms with E-state index in [0.717, 1.165) is 19.5 Å². The Morgan fingerprint density at radius 2 is 2.13 bits per heavy atom. The van der Waals surface area contributed by atoms with Crippen molar-refractivity contribution in [3.8, 4) is 0 Å². The first-order chi connectivity index (χ1) is 6.47. The van der Waals surface area contributed by atoms with Crippen molar-refractivity contribution >= 4 is 18.4 Å². The fraction of sp³-hybridized carbons (Fsp3) is 0.909. The lowest BCUT2D eigenvalue weighted by Gasteiger charge is -2.24. The number of rotatable bonds is 2. The molecular formula is C11H22ClNO2. The number of halogens is 1. The number of piperidine rings is 1. The third-order valence-corrected chi connectivity index (χ3v) is 2.27. The van der Waals surface area contributed by atoms with E-state index >= 15 is 0 Å². The van der Waals surface area contributed by atoms with E-state index in [2.05, 4.69) is 5.32 Å². The molecular weight excluding hydrogens is 214 g/mol. The molecule has 0 amide bonds. The summed E-state index contributed by atoms with van der Waals surface area (Å²) in [5.41, 5.74) is -0.348. The summed E-state index contributed by atoms with van der Waals surface area (Å²) in [6.45, 7) is 7.77. The molecule has 0 spiro atoms. The molecule has 0 saturated carbocycles. The van der Waals surface area contributed by atoms with E-state index < -0.39 is 0 Å². The molecule has 1 unspecified atom stereocenters. The average molecular weight is 236 g/mol. The molecule has 1 atom stereocenters. The van der Waals surface area contributed by atoms with Crippen LogP contribution in [0, 0.1) is 5.92 Å². The van der Waals surface area contributed by atoms with Crippen LogP contribution in [-0.2, 0) is 9.53 Å². The lowest BCUT2D eigenvalue weighted by molar-refractivity contribution is -0.156. The van der Waals surface area contributed by atoms with Gasteiger partial charge < -0.3 is 10.1 Å². The second-order valence-electron chi connectivity index (χ2n) is 5.00. The van der Waals surface area contributed by atoms with Crippen LogP contribution in [0.15, 0.2) is 0 Å². The largest absolute Gasteiger partial charge is 0.460 e. The van der Waals surface area contributed by atoms with E-state index in [1.807, 2.05) is 20.8 Å². The Morgan fingerprint density at radius 1 is 1.47 bits per heavy atom. The van der Waals surface area contributed by atoms with Gasteiger partial charge in [-0.25, -0.2) is 0 Å². The van der Waals surface area contributed by atoms with Crippen LogP contribution in [0.25, 0.3) is 0 Å². The molecule has 0 aromatic heterocycles. The fourth-order valence-electron chi connectivity index (χ4n) is 1.72. The summed E-state index contributed by atoms with van der Waals surface area (Å²) in [7, 11) is 0. The van der Waals surface area contributed by atoms with Gasteiger partial charge in [-0.15, -0.1) is 12.4 Å². The van der Waals surface area contributed by atoms with E-state index in [1.54, 1.807) is 0 Å². The Balaban J connectivity index is 0.00000196. The molecule has 1 aliphatic heterocycles. The van der Waals surface area contributed by atoms with Gasteiger partial charge in [0.15, 0.2) is 0 Å². The van der Waals surface area contributed by atoms with Crippen LogP contribution in [0.4, 0.5) is 0 Å². The molecule has 0 aliphatic carbocycles. The van der Waals surface area contributed by atoms with Crippen molar-refractivity contribution in [3.05, 3.63) is 0 Å². The summed E-state index contributed by atoms with van der Waals surface area (Å²) in [4.78, 5) is 11.5. The average Bonchev–Trinajstić information content (AvgIpc) is 2.02. The van der Waals surface area contributed by atoms with E-state index in [4.69, 9.17) is 4.74 Å². The summed E-state index contributed by atoms with van der Waals surface area (Å²) in [6.07, 6.45) is 2.88. The predicted octanol–water partition coefficient (Wildman–Crippen LogP) is 2.14. The third kappa shape index (κ3) is 6.74. The minimum atomic E-state index is -0.348. The van der Waals surface area contributed by atoms with Crippen LogP contribution in [0.3, 0.4) is 0 Å². The van der Waals surface area contributed by atoms with Gasteiger partial charge in [0, 0.05) is 6.42 Å². The van der Waals surface area contributed by atoms with Crippen molar-refractivity contribution in [2.24, 2.45) is 5.92 Å². The smallest absolute Gasteiger partial charge is 0.306 e. The molecule has 1 rings (SSSR count). The topological polar surface area (TPSA) is 38.3 Å². The molecule has 1 heterocycles. The van der Waals surface area contributed by atoms with Crippen molar-refractivity contribution in [1.29, 1.82) is 0 Å². The molecule has 0 aromatic carbocycles. The molecule has 0 aromatic rings. The molecule has 90 valence electrons. The maximum absolute atomic E-state index is 11.5. The SMILES string of the molecule is CC(C)(C)OC(=O)CC1CCCNC1.Cl. The van der Waals surface area contributed by atoms with Gasteiger partial charge in [-0.05, 0) is 52.6 Å². The molecule has 1 fully saturated rings. The maximum atomic E-state index is 11.5. The highest BCUT2D eigenvalue weighted by atomic mass is 35.5. The van der Waals surface area contributed by atoms with E-state index in [0.29, 0.717) is 12.3 Å². The summed E-state index contributed by atoms with van der Waals surface area (Å²) in [5.74, 6) is 0.407. The monoisotopic (exact) mass is 235 g/mol. The first-order valence-electron chi connectivity index (χ1n) is 5.40. The molecule has 3 nitrogen and oxygen atoms in total. The Morgan fingerprint density at radius 3 is 2.60 bits per heavy atom. The van der Waals surface area contributed by atoms with Crippen molar-refractivity contribution < 1.29 is 9.53 Å². The van der Waals surface area contributed by atoms with E-state index in [1.165, 1.54) is 6.42 Å². The van der Waals surface area contributed by atoms with E-state index in [9.17, 15) is 4.79 Å². The highest BCUT2D eigenvalue weighted by molar-refractivity contribution is 5.85. The molecule has 1 saturated heterocycles. The van der Waals surface area contributed by atoms with E-state index in [-0.39, 0.29) is 24.0 Å². The first-order valence-corrected chi connectivity index (χ1v) is 5.40. The second-order valence-corrected chi connectivity index (χ2v) is 5.00. The van der Waals surface area contributed by atoms with Crippen molar-refractivity contribution in [2.45, 2.75) is 45.6 Å². The van der Waals surface area contributed by atoms with Crippen LogP contribution in [0.5, 0.6) is 0 Å². The third-order valence-electron chi connectivity index (χ3n) is 2.27. The van der Waals surface area contributed by atoms with Crippen molar-refractivity contribution in [1.82, 2.24) is 5.32 Å². The van der Waals surface area contributed by atoms with Crippen molar-refractivity contribution in [2.75, 3.05) is 13.1 Å². The predicted molar refractivity (Wildman–Crippen MR) is 63.3 cm³/mol. The molecule has 0 bridgehead atoms. The Kier molecular flexibility index (Phi) is 6.22. The minimum absolute atomic E-state index is 0. The highest BCUT2D eigenvalue weighted by Crippen LogP contribution is 2.17. The van der Waals surface area contributed by atoms with Gasteiger partial charge in [0.1, 0.15) is 5.60 Å². The van der Waals surface area contributed by atoms with Crippen molar-refractivity contribution in [3.63, 3.8) is 0 Å².